The van der Waals surface area contributed by atoms with E-state index in [0.29, 0.717) is 5.69 Å². The molecule has 82 valence electrons. The number of aliphatic carboxylic acids is 1. The Balaban J connectivity index is 2.46. The average molecular weight is 211 g/mol. The van der Waals surface area contributed by atoms with Crippen LogP contribution in [0.1, 0.15) is 18.3 Å². The van der Waals surface area contributed by atoms with Crippen molar-refractivity contribution in [1.29, 1.82) is 0 Å². The number of hydrogen-bond acceptors (Lipinski definition) is 3. The van der Waals surface area contributed by atoms with Gasteiger partial charge in [0.2, 0.25) is 5.91 Å². The summed E-state index contributed by atoms with van der Waals surface area (Å²) in [6.07, 6.45) is 0.0853. The molecule has 0 aliphatic carbocycles. The van der Waals surface area contributed by atoms with E-state index in [1.165, 1.54) is 6.92 Å². The van der Waals surface area contributed by atoms with Gasteiger partial charge in [0.1, 0.15) is 6.04 Å². The third-order valence-electron chi connectivity index (χ3n) is 1.85. The molecule has 0 radical (unpaired) electrons. The fraction of sp³-hybridized carbons (Fsp3) is 0.444. The molecule has 1 atom stereocenters. The minimum Gasteiger partial charge on any atom is -0.480 e. The number of rotatable bonds is 4. The quantitative estimate of drug-likeness (QED) is 0.645. The lowest BCUT2D eigenvalue weighted by Crippen LogP contribution is -2.39. The van der Waals surface area contributed by atoms with Crippen molar-refractivity contribution in [2.75, 3.05) is 0 Å². The van der Waals surface area contributed by atoms with Crippen LogP contribution in [0.2, 0.25) is 0 Å². The number of carbonyl (C=O) groups excluding carboxylic acids is 1. The van der Waals surface area contributed by atoms with Crippen molar-refractivity contribution in [2.24, 2.45) is 0 Å². The smallest absolute Gasteiger partial charge is 0.325 e. The second-order valence-corrected chi connectivity index (χ2v) is 3.35. The monoisotopic (exact) mass is 211 g/mol. The molecule has 0 aliphatic heterocycles. The standard InChI is InChI=1S/C9H13N3O3/c1-5-3-7(12-11-5)4-8(13)10-6(2)9(14)15/h3,6H,4H2,1-2H3,(H,10,13)(H,11,12)(H,14,15)/t6-/m0/s1. The van der Waals surface area contributed by atoms with Gasteiger partial charge >= 0.3 is 5.97 Å². The minimum absolute atomic E-state index is 0.0853. The summed E-state index contributed by atoms with van der Waals surface area (Å²) in [4.78, 5) is 21.8. The lowest BCUT2D eigenvalue weighted by molar-refractivity contribution is -0.141. The Hall–Kier alpha value is -1.85. The molecule has 1 aromatic heterocycles. The van der Waals surface area contributed by atoms with Gasteiger partial charge in [-0.1, -0.05) is 0 Å². The molecule has 0 aromatic carbocycles. The molecule has 0 bridgehead atoms. The van der Waals surface area contributed by atoms with Crippen LogP contribution in [0.4, 0.5) is 0 Å². The van der Waals surface area contributed by atoms with E-state index in [4.69, 9.17) is 5.11 Å². The van der Waals surface area contributed by atoms with Crippen LogP contribution in [0, 0.1) is 6.92 Å². The first-order chi connectivity index (χ1) is 6.99. The van der Waals surface area contributed by atoms with Crippen molar-refractivity contribution in [3.63, 3.8) is 0 Å². The first-order valence-corrected chi connectivity index (χ1v) is 4.52. The molecule has 3 N–H and O–H groups in total. The highest BCUT2D eigenvalue weighted by Gasteiger charge is 2.14. The Morgan fingerprint density at radius 2 is 2.33 bits per heavy atom. The number of carboxylic acids is 1. The van der Waals surface area contributed by atoms with Gasteiger partial charge in [-0.25, -0.2) is 0 Å². The average Bonchev–Trinajstić information content (AvgIpc) is 2.50. The van der Waals surface area contributed by atoms with Crippen molar-refractivity contribution in [2.45, 2.75) is 26.3 Å². The van der Waals surface area contributed by atoms with E-state index in [1.807, 2.05) is 6.92 Å². The second-order valence-electron chi connectivity index (χ2n) is 3.35. The zero-order valence-corrected chi connectivity index (χ0v) is 8.57. The van der Waals surface area contributed by atoms with Gasteiger partial charge in [0, 0.05) is 5.69 Å². The first-order valence-electron chi connectivity index (χ1n) is 4.52. The largest absolute Gasteiger partial charge is 0.480 e. The summed E-state index contributed by atoms with van der Waals surface area (Å²) in [5.74, 6) is -1.40. The first kappa shape index (κ1) is 11.2. The predicted molar refractivity (Wildman–Crippen MR) is 52.3 cm³/mol. The molecule has 6 heteroatoms. The summed E-state index contributed by atoms with van der Waals surface area (Å²) in [5.41, 5.74) is 1.46. The number of carboxylic acid groups (broad SMARTS) is 1. The van der Waals surface area contributed by atoms with Crippen molar-refractivity contribution in [1.82, 2.24) is 15.5 Å². The number of nitrogens with zero attached hydrogens (tertiary/aromatic N) is 1. The molecule has 1 aromatic rings. The molecular formula is C9H13N3O3. The molecule has 0 fully saturated rings. The van der Waals surface area contributed by atoms with Gasteiger partial charge < -0.3 is 10.4 Å². The number of aromatic amines is 1. The van der Waals surface area contributed by atoms with Crippen molar-refractivity contribution in [3.05, 3.63) is 17.5 Å². The summed E-state index contributed by atoms with van der Waals surface area (Å²) in [6, 6.07) is 0.864. The normalized spacial score (nSPS) is 12.1. The van der Waals surface area contributed by atoms with E-state index < -0.39 is 12.0 Å². The maximum Gasteiger partial charge on any atom is 0.325 e. The lowest BCUT2D eigenvalue weighted by atomic mass is 10.2. The second kappa shape index (κ2) is 4.59. The zero-order chi connectivity index (χ0) is 11.4. The molecule has 1 amide bonds. The van der Waals surface area contributed by atoms with Gasteiger partial charge in [0.05, 0.1) is 12.1 Å². The van der Waals surface area contributed by atoms with Crippen LogP contribution in [0.25, 0.3) is 0 Å². The topological polar surface area (TPSA) is 95.1 Å². The highest BCUT2D eigenvalue weighted by atomic mass is 16.4. The Morgan fingerprint density at radius 1 is 1.67 bits per heavy atom. The molecule has 6 nitrogen and oxygen atoms in total. The number of aromatic nitrogens is 2. The number of hydrogen-bond donors (Lipinski definition) is 3. The number of carbonyl (C=O) groups is 2. The molecule has 0 spiro atoms. The fourth-order valence-electron chi connectivity index (χ4n) is 1.08. The molecule has 1 rings (SSSR count). The summed E-state index contributed by atoms with van der Waals surface area (Å²) in [6.45, 7) is 3.24. The molecule has 1 heterocycles. The van der Waals surface area contributed by atoms with Crippen molar-refractivity contribution in [3.8, 4) is 0 Å². The van der Waals surface area contributed by atoms with Crippen LogP contribution in [-0.2, 0) is 16.0 Å². The molecule has 0 saturated carbocycles. The van der Waals surface area contributed by atoms with Crippen LogP contribution in [0.3, 0.4) is 0 Å². The molecule has 0 aliphatic rings. The maximum atomic E-state index is 11.3. The third-order valence-corrected chi connectivity index (χ3v) is 1.85. The number of amides is 1. The van der Waals surface area contributed by atoms with Gasteiger partial charge in [0.15, 0.2) is 0 Å². The Bertz CT molecular complexity index is 372. The molecule has 0 unspecified atom stereocenters. The van der Waals surface area contributed by atoms with Gasteiger partial charge in [-0.3, -0.25) is 14.7 Å². The van der Waals surface area contributed by atoms with E-state index in [9.17, 15) is 9.59 Å². The van der Waals surface area contributed by atoms with Crippen LogP contribution < -0.4 is 5.32 Å². The predicted octanol–water partition coefficient (Wildman–Crippen LogP) is -0.150. The van der Waals surface area contributed by atoms with Gasteiger partial charge in [-0.05, 0) is 19.9 Å². The Morgan fingerprint density at radius 3 is 2.80 bits per heavy atom. The SMILES string of the molecule is Cc1cc(CC(=O)N[C@@H](C)C(=O)O)n[nH]1. The van der Waals surface area contributed by atoms with Crippen LogP contribution in [0.15, 0.2) is 6.07 Å². The summed E-state index contributed by atoms with van der Waals surface area (Å²) in [5, 5.41) is 17.5. The molecule has 15 heavy (non-hydrogen) atoms. The lowest BCUT2D eigenvalue weighted by Gasteiger charge is -2.07. The van der Waals surface area contributed by atoms with Crippen LogP contribution in [0.5, 0.6) is 0 Å². The molecule has 0 saturated heterocycles. The fourth-order valence-corrected chi connectivity index (χ4v) is 1.08. The van der Waals surface area contributed by atoms with Gasteiger partial charge in [-0.15, -0.1) is 0 Å². The van der Waals surface area contributed by atoms with E-state index >= 15 is 0 Å². The van der Waals surface area contributed by atoms with E-state index in [0.717, 1.165) is 5.69 Å². The highest BCUT2D eigenvalue weighted by molar-refractivity contribution is 5.84. The van der Waals surface area contributed by atoms with Crippen LogP contribution in [-0.4, -0.2) is 33.2 Å². The number of nitrogens with one attached hydrogen (secondary N) is 2. The van der Waals surface area contributed by atoms with Crippen molar-refractivity contribution >= 4 is 11.9 Å². The van der Waals surface area contributed by atoms with Gasteiger partial charge in [-0.2, -0.15) is 5.10 Å². The zero-order valence-electron chi connectivity index (χ0n) is 8.57. The number of aryl methyl sites for hydroxylation is 1. The van der Waals surface area contributed by atoms with Crippen molar-refractivity contribution < 1.29 is 14.7 Å². The Kier molecular flexibility index (Phi) is 3.43. The minimum atomic E-state index is -1.05. The Labute approximate surface area is 86.7 Å². The van der Waals surface area contributed by atoms with Crippen LogP contribution >= 0.6 is 0 Å². The highest BCUT2D eigenvalue weighted by Crippen LogP contribution is 1.98. The molecular weight excluding hydrogens is 198 g/mol. The van der Waals surface area contributed by atoms with E-state index in [-0.39, 0.29) is 12.3 Å². The third kappa shape index (κ3) is 3.41. The number of H-pyrrole nitrogens is 1. The van der Waals surface area contributed by atoms with Gasteiger partial charge in [0.25, 0.3) is 0 Å². The van der Waals surface area contributed by atoms with E-state index in [2.05, 4.69) is 15.5 Å². The maximum absolute atomic E-state index is 11.3. The summed E-state index contributed by atoms with van der Waals surface area (Å²) < 4.78 is 0. The summed E-state index contributed by atoms with van der Waals surface area (Å²) >= 11 is 0. The summed E-state index contributed by atoms with van der Waals surface area (Å²) in [7, 11) is 0. The van der Waals surface area contributed by atoms with E-state index in [1.54, 1.807) is 6.07 Å².